The standard InChI is InChI=1S/C22H18ClN3O4/c23-21-14(8-13-9-19-20(11-15(13)24-21)30-7-6-29-19)17-10-16(12-3-4-12)25-26(17)22(27)18-2-1-5-28-18/h1-2,5,8-9,11-12,17H,3-4,6-7,10H2. The summed E-state index contributed by atoms with van der Waals surface area (Å²) in [6.07, 6.45) is 4.36. The Hall–Kier alpha value is -3.06. The van der Waals surface area contributed by atoms with Gasteiger partial charge < -0.3 is 13.9 Å². The molecule has 4 heterocycles. The first-order chi connectivity index (χ1) is 14.7. The Morgan fingerprint density at radius 1 is 1.13 bits per heavy atom. The summed E-state index contributed by atoms with van der Waals surface area (Å²) < 4.78 is 16.7. The van der Waals surface area contributed by atoms with Crippen molar-refractivity contribution < 1.29 is 18.7 Å². The second-order valence-electron chi connectivity index (χ2n) is 7.77. The molecule has 1 fully saturated rings. The molecule has 6 rings (SSSR count). The molecular weight excluding hydrogens is 406 g/mol. The summed E-state index contributed by atoms with van der Waals surface area (Å²) in [6, 6.07) is 8.74. The molecule has 1 saturated carbocycles. The number of hydrazone groups is 1. The van der Waals surface area contributed by atoms with Gasteiger partial charge >= 0.3 is 5.91 Å². The van der Waals surface area contributed by atoms with Gasteiger partial charge in [0.1, 0.15) is 18.4 Å². The third-order valence-electron chi connectivity index (χ3n) is 5.74. The van der Waals surface area contributed by atoms with E-state index in [2.05, 4.69) is 10.1 Å². The molecule has 0 N–H and O–H groups in total. The largest absolute Gasteiger partial charge is 0.486 e. The van der Waals surface area contributed by atoms with Crippen LogP contribution in [0.4, 0.5) is 0 Å². The Bertz CT molecular complexity index is 1190. The Kier molecular flexibility index (Phi) is 3.99. The van der Waals surface area contributed by atoms with Crippen molar-refractivity contribution in [2.45, 2.75) is 25.3 Å². The third-order valence-corrected chi connectivity index (χ3v) is 6.04. The molecule has 3 aliphatic rings. The molecule has 1 atom stereocenters. The number of carbonyl (C=O) groups is 1. The van der Waals surface area contributed by atoms with Gasteiger partial charge in [-0.3, -0.25) is 4.79 Å². The summed E-state index contributed by atoms with van der Waals surface area (Å²) in [4.78, 5) is 17.7. The van der Waals surface area contributed by atoms with Crippen LogP contribution < -0.4 is 9.47 Å². The first kappa shape index (κ1) is 17.8. The molecule has 30 heavy (non-hydrogen) atoms. The van der Waals surface area contributed by atoms with Crippen molar-refractivity contribution in [2.75, 3.05) is 13.2 Å². The Morgan fingerprint density at radius 3 is 2.67 bits per heavy atom. The van der Waals surface area contributed by atoms with Crippen molar-refractivity contribution >= 4 is 34.1 Å². The highest BCUT2D eigenvalue weighted by Crippen LogP contribution is 2.43. The van der Waals surface area contributed by atoms with E-state index in [1.807, 2.05) is 18.2 Å². The summed E-state index contributed by atoms with van der Waals surface area (Å²) in [6.45, 7) is 1.02. The van der Waals surface area contributed by atoms with Gasteiger partial charge in [-0.1, -0.05) is 11.6 Å². The lowest BCUT2D eigenvalue weighted by molar-refractivity contribution is 0.0678. The van der Waals surface area contributed by atoms with Crippen molar-refractivity contribution in [3.8, 4) is 11.5 Å². The predicted molar refractivity (Wildman–Crippen MR) is 110 cm³/mol. The summed E-state index contributed by atoms with van der Waals surface area (Å²) in [5.74, 6) is 1.78. The molecule has 1 amide bonds. The third kappa shape index (κ3) is 2.92. The summed E-state index contributed by atoms with van der Waals surface area (Å²) in [7, 11) is 0. The van der Waals surface area contributed by atoms with Gasteiger partial charge in [-0.25, -0.2) is 9.99 Å². The van der Waals surface area contributed by atoms with Crippen LogP contribution in [0, 0.1) is 5.92 Å². The first-order valence-electron chi connectivity index (χ1n) is 10.0. The molecular formula is C22H18ClN3O4. The van der Waals surface area contributed by atoms with Gasteiger partial charge in [-0.2, -0.15) is 5.10 Å². The maximum atomic E-state index is 13.1. The second-order valence-corrected chi connectivity index (χ2v) is 8.13. The van der Waals surface area contributed by atoms with Crippen molar-refractivity contribution in [3.63, 3.8) is 0 Å². The molecule has 1 aromatic carbocycles. The lowest BCUT2D eigenvalue weighted by Gasteiger charge is -2.23. The van der Waals surface area contributed by atoms with Crippen molar-refractivity contribution in [1.82, 2.24) is 9.99 Å². The molecule has 0 saturated heterocycles. The number of hydrogen-bond acceptors (Lipinski definition) is 6. The number of rotatable bonds is 3. The number of aromatic nitrogens is 1. The average molecular weight is 424 g/mol. The number of furan rings is 1. The Labute approximate surface area is 177 Å². The fourth-order valence-electron chi connectivity index (χ4n) is 4.08. The van der Waals surface area contributed by atoms with Crippen LogP contribution in [-0.4, -0.2) is 34.8 Å². The minimum atomic E-state index is -0.323. The van der Waals surface area contributed by atoms with Gasteiger partial charge in [-0.05, 0) is 43.0 Å². The zero-order chi connectivity index (χ0) is 20.2. The average Bonchev–Trinajstić information content (AvgIpc) is 3.28. The van der Waals surface area contributed by atoms with Crippen molar-refractivity contribution in [3.05, 3.63) is 53.1 Å². The maximum Gasteiger partial charge on any atom is 0.310 e. The highest BCUT2D eigenvalue weighted by molar-refractivity contribution is 6.30. The molecule has 152 valence electrons. The van der Waals surface area contributed by atoms with Crippen LogP contribution in [-0.2, 0) is 0 Å². The van der Waals surface area contributed by atoms with Crippen LogP contribution in [0.15, 0.2) is 46.1 Å². The van der Waals surface area contributed by atoms with E-state index in [1.165, 1.54) is 11.3 Å². The lowest BCUT2D eigenvalue weighted by atomic mass is 9.99. The van der Waals surface area contributed by atoms with E-state index in [9.17, 15) is 4.79 Å². The van der Waals surface area contributed by atoms with Gasteiger partial charge in [0.15, 0.2) is 17.3 Å². The molecule has 2 aromatic heterocycles. The SMILES string of the molecule is O=C(c1ccco1)N1N=C(C2CC2)CC1c1cc2cc3c(cc2nc1Cl)OCCO3. The molecule has 0 radical (unpaired) electrons. The zero-order valence-corrected chi connectivity index (χ0v) is 16.8. The van der Waals surface area contributed by atoms with Crippen LogP contribution in [0.2, 0.25) is 5.15 Å². The fourth-order valence-corrected chi connectivity index (χ4v) is 4.35. The first-order valence-corrected chi connectivity index (χ1v) is 10.4. The van der Waals surface area contributed by atoms with Gasteiger partial charge in [0, 0.05) is 29.1 Å². The second kappa shape index (κ2) is 6.74. The summed E-state index contributed by atoms with van der Waals surface area (Å²) >= 11 is 6.61. The minimum absolute atomic E-state index is 0.255. The van der Waals surface area contributed by atoms with Crippen LogP contribution in [0.5, 0.6) is 11.5 Å². The highest BCUT2D eigenvalue weighted by Gasteiger charge is 2.41. The zero-order valence-electron chi connectivity index (χ0n) is 16.0. The van der Waals surface area contributed by atoms with Crippen LogP contribution in [0.1, 0.15) is 41.4 Å². The lowest BCUT2D eigenvalue weighted by Crippen LogP contribution is -2.27. The summed E-state index contributed by atoms with van der Waals surface area (Å²) in [5.41, 5.74) is 2.52. The topological polar surface area (TPSA) is 77.2 Å². The predicted octanol–water partition coefficient (Wildman–Crippen LogP) is 4.61. The van der Waals surface area contributed by atoms with Crippen LogP contribution in [0.3, 0.4) is 0 Å². The number of ether oxygens (including phenoxy) is 2. The molecule has 1 unspecified atom stereocenters. The smallest absolute Gasteiger partial charge is 0.310 e. The Balaban J connectivity index is 1.42. The number of nitrogens with zero attached hydrogens (tertiary/aromatic N) is 3. The number of carbonyl (C=O) groups excluding carboxylic acids is 1. The molecule has 8 heteroatoms. The number of halogens is 1. The van der Waals surface area contributed by atoms with E-state index >= 15 is 0 Å². The summed E-state index contributed by atoms with van der Waals surface area (Å²) in [5, 5.41) is 7.40. The number of amides is 1. The molecule has 0 bridgehead atoms. The van der Waals surface area contributed by atoms with Crippen molar-refractivity contribution in [1.29, 1.82) is 0 Å². The number of pyridine rings is 1. The number of fused-ring (bicyclic) bond motifs is 2. The van der Waals surface area contributed by atoms with E-state index in [0.717, 1.165) is 35.0 Å². The minimum Gasteiger partial charge on any atom is -0.486 e. The quantitative estimate of drug-likeness (QED) is 0.575. The number of hydrogen-bond donors (Lipinski definition) is 0. The van der Waals surface area contributed by atoms with Crippen molar-refractivity contribution in [2.24, 2.45) is 11.0 Å². The maximum absolute atomic E-state index is 13.1. The van der Waals surface area contributed by atoms with Crippen LogP contribution in [0.25, 0.3) is 10.9 Å². The number of benzene rings is 1. The van der Waals surface area contributed by atoms with Gasteiger partial charge in [0.05, 0.1) is 17.8 Å². The van der Waals surface area contributed by atoms with Gasteiger partial charge in [-0.15, -0.1) is 0 Å². The van der Waals surface area contributed by atoms with E-state index in [-0.39, 0.29) is 17.7 Å². The molecule has 1 aliphatic carbocycles. The Morgan fingerprint density at radius 2 is 1.93 bits per heavy atom. The normalized spacial score (nSPS) is 20.5. The highest BCUT2D eigenvalue weighted by atomic mass is 35.5. The molecule has 7 nitrogen and oxygen atoms in total. The van der Waals surface area contributed by atoms with E-state index < -0.39 is 0 Å². The van der Waals surface area contributed by atoms with Crippen LogP contribution >= 0.6 is 11.6 Å². The molecule has 2 aliphatic heterocycles. The molecule has 0 spiro atoms. The van der Waals surface area contributed by atoms with Gasteiger partial charge in [0.2, 0.25) is 0 Å². The van der Waals surface area contributed by atoms with E-state index in [4.69, 9.17) is 25.5 Å². The molecule has 3 aromatic rings. The van der Waals surface area contributed by atoms with E-state index in [1.54, 1.807) is 12.1 Å². The fraction of sp³-hybridized carbons (Fsp3) is 0.318. The monoisotopic (exact) mass is 423 g/mol. The van der Waals surface area contributed by atoms with E-state index in [0.29, 0.717) is 42.2 Å². The van der Waals surface area contributed by atoms with Gasteiger partial charge in [0.25, 0.3) is 0 Å².